The Hall–Kier alpha value is -0.770. The molecule has 0 spiro atoms. The summed E-state index contributed by atoms with van der Waals surface area (Å²) >= 11 is 0. The van der Waals surface area contributed by atoms with Crippen molar-refractivity contribution in [3.05, 3.63) is 0 Å². The number of aliphatic imine (C=N–C) groups is 1. The highest BCUT2D eigenvalue weighted by atomic mass is 15.3. The van der Waals surface area contributed by atoms with Crippen LogP contribution in [0.25, 0.3) is 0 Å². The van der Waals surface area contributed by atoms with E-state index in [1.807, 2.05) is 0 Å². The van der Waals surface area contributed by atoms with E-state index in [4.69, 9.17) is 10.7 Å². The number of likely N-dealkylation sites (N-methyl/N-ethyl adjacent to an activating group) is 1. The molecule has 1 saturated heterocycles. The Morgan fingerprint density at radius 1 is 1.00 bits per heavy atom. The Balaban J connectivity index is 1.88. The molecule has 2 N–H and O–H groups in total. The van der Waals surface area contributed by atoms with Crippen LogP contribution in [0.1, 0.15) is 38.5 Å². The Labute approximate surface area is 105 Å². The zero-order valence-corrected chi connectivity index (χ0v) is 11.1. The van der Waals surface area contributed by atoms with Crippen molar-refractivity contribution in [3.8, 4) is 0 Å². The fourth-order valence-corrected chi connectivity index (χ4v) is 2.75. The Bertz CT molecular complexity index is 258. The van der Waals surface area contributed by atoms with Crippen molar-refractivity contribution in [2.45, 2.75) is 44.6 Å². The van der Waals surface area contributed by atoms with Crippen LogP contribution in [-0.4, -0.2) is 55.0 Å². The van der Waals surface area contributed by atoms with Gasteiger partial charge in [-0.05, 0) is 32.9 Å². The minimum atomic E-state index is 0.490. The Kier molecular flexibility index (Phi) is 4.66. The van der Waals surface area contributed by atoms with E-state index in [0.717, 1.165) is 25.6 Å². The summed E-state index contributed by atoms with van der Waals surface area (Å²) < 4.78 is 0. The lowest BCUT2D eigenvalue weighted by Gasteiger charge is -2.24. The summed E-state index contributed by atoms with van der Waals surface area (Å²) in [5.74, 6) is 0.784. The molecule has 4 nitrogen and oxygen atoms in total. The molecular weight excluding hydrogens is 212 g/mol. The number of guanidine groups is 1. The molecule has 0 radical (unpaired) electrons. The van der Waals surface area contributed by atoms with Crippen LogP contribution in [-0.2, 0) is 0 Å². The van der Waals surface area contributed by atoms with Crippen LogP contribution in [0.5, 0.6) is 0 Å². The highest BCUT2D eigenvalue weighted by molar-refractivity contribution is 5.78. The molecule has 0 unspecified atom stereocenters. The average molecular weight is 238 g/mol. The number of nitrogens with zero attached hydrogens (tertiary/aromatic N) is 3. The van der Waals surface area contributed by atoms with E-state index in [0.29, 0.717) is 6.04 Å². The molecule has 0 amide bonds. The second-order valence-corrected chi connectivity index (χ2v) is 5.42. The van der Waals surface area contributed by atoms with Gasteiger partial charge in [0.2, 0.25) is 0 Å². The van der Waals surface area contributed by atoms with Gasteiger partial charge in [-0.25, -0.2) is 4.99 Å². The zero-order valence-electron chi connectivity index (χ0n) is 11.1. The highest BCUT2D eigenvalue weighted by Crippen LogP contribution is 2.20. The molecule has 1 saturated carbocycles. The lowest BCUT2D eigenvalue weighted by Crippen LogP contribution is -2.40. The van der Waals surface area contributed by atoms with E-state index in [-0.39, 0.29) is 0 Å². The highest BCUT2D eigenvalue weighted by Gasteiger charge is 2.17. The van der Waals surface area contributed by atoms with E-state index in [2.05, 4.69) is 16.8 Å². The number of hydrogen-bond donors (Lipinski definition) is 1. The summed E-state index contributed by atoms with van der Waals surface area (Å²) in [6, 6.07) is 0.490. The van der Waals surface area contributed by atoms with E-state index < -0.39 is 0 Å². The predicted molar refractivity (Wildman–Crippen MR) is 72.2 cm³/mol. The fraction of sp³-hybridized carbons (Fsp3) is 0.923. The van der Waals surface area contributed by atoms with Gasteiger partial charge in [0, 0.05) is 19.6 Å². The number of nitrogens with two attached hydrogens (primary N) is 1. The number of rotatable bonds is 1. The van der Waals surface area contributed by atoms with E-state index >= 15 is 0 Å². The molecule has 0 atom stereocenters. The topological polar surface area (TPSA) is 44.9 Å². The summed E-state index contributed by atoms with van der Waals surface area (Å²) in [7, 11) is 2.18. The third kappa shape index (κ3) is 3.87. The van der Waals surface area contributed by atoms with E-state index in [1.54, 1.807) is 0 Å². The van der Waals surface area contributed by atoms with Crippen molar-refractivity contribution < 1.29 is 0 Å². The van der Waals surface area contributed by atoms with Crippen molar-refractivity contribution in [3.63, 3.8) is 0 Å². The summed E-state index contributed by atoms with van der Waals surface area (Å²) in [6.07, 6.45) is 7.68. The van der Waals surface area contributed by atoms with Crippen LogP contribution in [0, 0.1) is 0 Å². The largest absolute Gasteiger partial charge is 0.370 e. The van der Waals surface area contributed by atoms with Crippen LogP contribution in [0.2, 0.25) is 0 Å². The lowest BCUT2D eigenvalue weighted by atomic mass is 9.96. The molecule has 0 aromatic carbocycles. The van der Waals surface area contributed by atoms with Crippen LogP contribution < -0.4 is 5.73 Å². The van der Waals surface area contributed by atoms with Crippen molar-refractivity contribution in [1.82, 2.24) is 9.80 Å². The minimum Gasteiger partial charge on any atom is -0.370 e. The normalized spacial score (nSPS) is 25.9. The van der Waals surface area contributed by atoms with E-state index in [9.17, 15) is 0 Å². The molecule has 98 valence electrons. The van der Waals surface area contributed by atoms with Gasteiger partial charge < -0.3 is 15.5 Å². The van der Waals surface area contributed by atoms with Crippen molar-refractivity contribution in [1.29, 1.82) is 0 Å². The first-order chi connectivity index (χ1) is 8.25. The molecule has 2 aliphatic rings. The van der Waals surface area contributed by atoms with Gasteiger partial charge in [-0.15, -0.1) is 0 Å². The maximum absolute atomic E-state index is 6.15. The maximum atomic E-state index is 6.15. The first-order valence-electron chi connectivity index (χ1n) is 7.02. The van der Waals surface area contributed by atoms with Gasteiger partial charge in [0.15, 0.2) is 5.96 Å². The van der Waals surface area contributed by atoms with Gasteiger partial charge in [-0.3, -0.25) is 0 Å². The average Bonchev–Trinajstić information content (AvgIpc) is 2.55. The molecule has 2 rings (SSSR count). The molecule has 1 aliphatic carbocycles. The second kappa shape index (κ2) is 6.24. The first-order valence-corrected chi connectivity index (χ1v) is 7.02. The summed E-state index contributed by atoms with van der Waals surface area (Å²) in [6.45, 7) is 4.36. The van der Waals surface area contributed by atoms with Gasteiger partial charge in [-0.1, -0.05) is 19.3 Å². The maximum Gasteiger partial charge on any atom is 0.191 e. The van der Waals surface area contributed by atoms with E-state index in [1.165, 1.54) is 45.1 Å². The fourth-order valence-electron chi connectivity index (χ4n) is 2.75. The minimum absolute atomic E-state index is 0.490. The third-order valence-corrected chi connectivity index (χ3v) is 3.93. The van der Waals surface area contributed by atoms with Gasteiger partial charge in [0.25, 0.3) is 0 Å². The molecule has 4 heteroatoms. The molecule has 2 fully saturated rings. The van der Waals surface area contributed by atoms with Crippen molar-refractivity contribution in [2.75, 3.05) is 33.2 Å². The summed E-state index contributed by atoms with van der Waals surface area (Å²) in [5, 5.41) is 0. The lowest BCUT2D eigenvalue weighted by molar-refractivity contribution is 0.344. The van der Waals surface area contributed by atoms with Crippen molar-refractivity contribution in [2.24, 2.45) is 10.7 Å². The van der Waals surface area contributed by atoms with Crippen LogP contribution >= 0.6 is 0 Å². The smallest absolute Gasteiger partial charge is 0.191 e. The standard InChI is InChI=1S/C13H26N4/c1-16-8-5-9-17(11-10-16)13(14)15-12-6-3-2-4-7-12/h12H,2-11H2,1H3,(H2,14,15). The molecular formula is C13H26N4. The summed E-state index contributed by atoms with van der Waals surface area (Å²) in [4.78, 5) is 9.36. The second-order valence-electron chi connectivity index (χ2n) is 5.42. The van der Waals surface area contributed by atoms with Gasteiger partial charge in [-0.2, -0.15) is 0 Å². The van der Waals surface area contributed by atoms with Gasteiger partial charge >= 0.3 is 0 Å². The number of hydrogen-bond acceptors (Lipinski definition) is 2. The third-order valence-electron chi connectivity index (χ3n) is 3.93. The van der Waals surface area contributed by atoms with Gasteiger partial charge in [0.05, 0.1) is 6.04 Å². The van der Waals surface area contributed by atoms with Crippen molar-refractivity contribution >= 4 is 5.96 Å². The van der Waals surface area contributed by atoms with Crippen LogP contribution in [0.15, 0.2) is 4.99 Å². The quantitative estimate of drug-likeness (QED) is 0.553. The van der Waals surface area contributed by atoms with Crippen LogP contribution in [0.4, 0.5) is 0 Å². The first kappa shape index (κ1) is 12.7. The molecule has 0 aromatic heterocycles. The Morgan fingerprint density at radius 2 is 1.76 bits per heavy atom. The SMILES string of the molecule is CN1CCCN(C(N)=NC2CCCCC2)CC1. The molecule has 0 bridgehead atoms. The van der Waals surface area contributed by atoms with Crippen LogP contribution in [0.3, 0.4) is 0 Å². The van der Waals surface area contributed by atoms with Gasteiger partial charge in [0.1, 0.15) is 0 Å². The predicted octanol–water partition coefficient (Wildman–Crippen LogP) is 1.27. The zero-order chi connectivity index (χ0) is 12.1. The molecule has 17 heavy (non-hydrogen) atoms. The molecule has 1 heterocycles. The molecule has 1 aliphatic heterocycles. The molecule has 0 aromatic rings. The monoisotopic (exact) mass is 238 g/mol. The Morgan fingerprint density at radius 3 is 2.53 bits per heavy atom. The summed E-state index contributed by atoms with van der Waals surface area (Å²) in [5.41, 5.74) is 6.15.